The first-order valence-electron chi connectivity index (χ1n) is 5.24. The summed E-state index contributed by atoms with van der Waals surface area (Å²) in [6.45, 7) is 5.01. The van der Waals surface area contributed by atoms with Gasteiger partial charge in [-0.2, -0.15) is 0 Å². The number of halogens is 1. The van der Waals surface area contributed by atoms with Gasteiger partial charge in [0.2, 0.25) is 0 Å². The van der Waals surface area contributed by atoms with Crippen molar-refractivity contribution in [2.45, 2.75) is 13.8 Å². The number of nitrogens with one attached hydrogen (secondary N) is 1. The summed E-state index contributed by atoms with van der Waals surface area (Å²) in [5.41, 5.74) is 0.899. The summed E-state index contributed by atoms with van der Waals surface area (Å²) in [6, 6.07) is 3.77. The number of hydrogen-bond donors (Lipinski definition) is 1. The van der Waals surface area contributed by atoms with Crippen molar-refractivity contribution >= 4 is 28.4 Å². The normalized spacial score (nSPS) is 11.9. The number of furan rings is 1. The van der Waals surface area contributed by atoms with Gasteiger partial charge in [0.25, 0.3) is 0 Å². The van der Waals surface area contributed by atoms with Crippen molar-refractivity contribution in [3.63, 3.8) is 0 Å². The second-order valence-corrected chi connectivity index (χ2v) is 4.91. The van der Waals surface area contributed by atoms with Crippen LogP contribution in [0.25, 0.3) is 11.0 Å². The van der Waals surface area contributed by atoms with E-state index >= 15 is 0 Å². The molecule has 0 aliphatic rings. The Bertz CT molecular complexity index is 479. The maximum absolute atomic E-state index is 5.88. The minimum atomic E-state index is 0.0507. The Morgan fingerprint density at radius 3 is 3.00 bits per heavy atom. The van der Waals surface area contributed by atoms with Crippen molar-refractivity contribution in [3.8, 4) is 0 Å². The predicted molar refractivity (Wildman–Crippen MR) is 67.0 cm³/mol. The van der Waals surface area contributed by atoms with Gasteiger partial charge in [0.05, 0.1) is 11.6 Å². The van der Waals surface area contributed by atoms with Crippen LogP contribution in [0.2, 0.25) is 0 Å². The van der Waals surface area contributed by atoms with Gasteiger partial charge < -0.3 is 9.73 Å². The molecule has 0 saturated heterocycles. The van der Waals surface area contributed by atoms with E-state index in [-0.39, 0.29) is 5.41 Å². The standard InChI is InChI=1S/C12H15ClN2O/c1-12(2,7-13)8-15-11-9-4-6-16-10(9)3-5-14-11/h3-6H,7-8H2,1-2H3,(H,14,15). The molecule has 2 aromatic rings. The fraction of sp³-hybridized carbons (Fsp3) is 0.417. The maximum Gasteiger partial charge on any atom is 0.139 e. The van der Waals surface area contributed by atoms with E-state index < -0.39 is 0 Å². The summed E-state index contributed by atoms with van der Waals surface area (Å²) in [7, 11) is 0. The van der Waals surface area contributed by atoms with Gasteiger partial charge in [0.15, 0.2) is 0 Å². The quantitative estimate of drug-likeness (QED) is 0.829. The number of nitrogens with zero attached hydrogens (tertiary/aromatic N) is 1. The molecule has 2 rings (SSSR count). The molecule has 0 unspecified atom stereocenters. The van der Waals surface area contributed by atoms with E-state index in [0.717, 1.165) is 23.3 Å². The molecular weight excluding hydrogens is 224 g/mol. The highest BCUT2D eigenvalue weighted by molar-refractivity contribution is 6.18. The number of alkyl halides is 1. The van der Waals surface area contributed by atoms with Crippen molar-refractivity contribution in [3.05, 3.63) is 24.6 Å². The van der Waals surface area contributed by atoms with Gasteiger partial charge >= 0.3 is 0 Å². The third-order valence-corrected chi connectivity index (χ3v) is 3.20. The van der Waals surface area contributed by atoms with Gasteiger partial charge in [-0.3, -0.25) is 0 Å². The lowest BCUT2D eigenvalue weighted by Crippen LogP contribution is -2.25. The first-order chi connectivity index (χ1) is 7.62. The first-order valence-corrected chi connectivity index (χ1v) is 5.78. The number of fused-ring (bicyclic) bond motifs is 1. The molecular formula is C12H15ClN2O. The van der Waals surface area contributed by atoms with Crippen LogP contribution in [0.5, 0.6) is 0 Å². The number of rotatable bonds is 4. The molecule has 0 atom stereocenters. The van der Waals surface area contributed by atoms with E-state index in [1.165, 1.54) is 0 Å². The highest BCUT2D eigenvalue weighted by atomic mass is 35.5. The molecule has 1 N–H and O–H groups in total. The van der Waals surface area contributed by atoms with Crippen LogP contribution in [-0.2, 0) is 0 Å². The number of anilines is 1. The third-order valence-electron chi connectivity index (χ3n) is 2.48. The van der Waals surface area contributed by atoms with E-state index in [1.54, 1.807) is 12.5 Å². The van der Waals surface area contributed by atoms with Crippen LogP contribution in [0, 0.1) is 5.41 Å². The van der Waals surface area contributed by atoms with Crippen molar-refractivity contribution in [2.24, 2.45) is 5.41 Å². The van der Waals surface area contributed by atoms with Gasteiger partial charge in [-0.05, 0) is 17.5 Å². The molecule has 0 aromatic carbocycles. The van der Waals surface area contributed by atoms with Crippen LogP contribution < -0.4 is 5.32 Å². The molecule has 4 heteroatoms. The lowest BCUT2D eigenvalue weighted by atomic mass is 9.96. The van der Waals surface area contributed by atoms with Crippen LogP contribution in [0.15, 0.2) is 29.0 Å². The average Bonchev–Trinajstić information content (AvgIpc) is 2.75. The maximum atomic E-state index is 5.88. The molecule has 0 amide bonds. The van der Waals surface area contributed by atoms with Crippen LogP contribution in [-0.4, -0.2) is 17.4 Å². The lowest BCUT2D eigenvalue weighted by Gasteiger charge is -2.22. The minimum Gasteiger partial charge on any atom is -0.464 e. The van der Waals surface area contributed by atoms with Crippen LogP contribution in [0.3, 0.4) is 0 Å². The Labute approximate surface area is 99.8 Å². The van der Waals surface area contributed by atoms with Crippen molar-refractivity contribution < 1.29 is 4.42 Å². The summed E-state index contributed by atoms with van der Waals surface area (Å²) >= 11 is 5.88. The van der Waals surface area contributed by atoms with Crippen molar-refractivity contribution in [1.29, 1.82) is 0 Å². The summed E-state index contributed by atoms with van der Waals surface area (Å²) in [6.07, 6.45) is 3.41. The molecule has 0 bridgehead atoms. The summed E-state index contributed by atoms with van der Waals surface area (Å²) in [4.78, 5) is 4.30. The van der Waals surface area contributed by atoms with Gasteiger partial charge in [-0.15, -0.1) is 11.6 Å². The number of hydrogen-bond acceptors (Lipinski definition) is 3. The first kappa shape index (κ1) is 11.3. The Balaban J connectivity index is 2.18. The summed E-state index contributed by atoms with van der Waals surface area (Å²) < 4.78 is 5.31. The Morgan fingerprint density at radius 2 is 2.25 bits per heavy atom. The SMILES string of the molecule is CC(C)(CCl)CNc1nccc2occc12. The molecule has 0 aliphatic carbocycles. The van der Waals surface area contributed by atoms with Crippen LogP contribution >= 0.6 is 11.6 Å². The second kappa shape index (κ2) is 4.34. The zero-order valence-corrected chi connectivity index (χ0v) is 10.2. The smallest absolute Gasteiger partial charge is 0.139 e. The largest absolute Gasteiger partial charge is 0.464 e. The van der Waals surface area contributed by atoms with E-state index in [2.05, 4.69) is 24.1 Å². The Morgan fingerprint density at radius 1 is 1.44 bits per heavy atom. The highest BCUT2D eigenvalue weighted by Gasteiger charge is 2.16. The molecule has 0 aliphatic heterocycles. The fourth-order valence-corrected chi connectivity index (χ4v) is 1.50. The van der Waals surface area contributed by atoms with Gasteiger partial charge in [0, 0.05) is 18.6 Å². The predicted octanol–water partition coefficient (Wildman–Crippen LogP) is 3.50. The van der Waals surface area contributed by atoms with E-state index in [1.807, 2.05) is 12.1 Å². The number of aromatic nitrogens is 1. The Kier molecular flexibility index (Phi) is 3.06. The van der Waals surface area contributed by atoms with Crippen LogP contribution in [0.1, 0.15) is 13.8 Å². The van der Waals surface area contributed by atoms with E-state index in [4.69, 9.17) is 16.0 Å². The van der Waals surface area contributed by atoms with Crippen molar-refractivity contribution in [1.82, 2.24) is 4.98 Å². The topological polar surface area (TPSA) is 38.1 Å². The molecule has 2 heterocycles. The zero-order chi connectivity index (χ0) is 11.6. The molecule has 0 radical (unpaired) electrons. The second-order valence-electron chi connectivity index (χ2n) is 4.64. The lowest BCUT2D eigenvalue weighted by molar-refractivity contribution is 0.450. The molecule has 86 valence electrons. The van der Waals surface area contributed by atoms with Gasteiger partial charge in [0.1, 0.15) is 11.4 Å². The molecule has 3 nitrogen and oxygen atoms in total. The monoisotopic (exact) mass is 238 g/mol. The fourth-order valence-electron chi connectivity index (χ4n) is 1.41. The molecule has 2 aromatic heterocycles. The molecule has 0 saturated carbocycles. The van der Waals surface area contributed by atoms with E-state index in [9.17, 15) is 0 Å². The van der Waals surface area contributed by atoms with Crippen molar-refractivity contribution in [2.75, 3.05) is 17.7 Å². The average molecular weight is 239 g/mol. The summed E-state index contributed by atoms with van der Waals surface area (Å²) in [5, 5.41) is 4.32. The van der Waals surface area contributed by atoms with Gasteiger partial charge in [-0.25, -0.2) is 4.98 Å². The molecule has 0 fully saturated rings. The number of pyridine rings is 1. The molecule has 16 heavy (non-hydrogen) atoms. The van der Waals surface area contributed by atoms with E-state index in [0.29, 0.717) is 5.88 Å². The zero-order valence-electron chi connectivity index (χ0n) is 9.46. The Hall–Kier alpha value is -1.22. The van der Waals surface area contributed by atoms with Gasteiger partial charge in [-0.1, -0.05) is 13.8 Å². The van der Waals surface area contributed by atoms with Crippen LogP contribution in [0.4, 0.5) is 5.82 Å². The minimum absolute atomic E-state index is 0.0507. The third kappa shape index (κ3) is 2.30. The highest BCUT2D eigenvalue weighted by Crippen LogP contribution is 2.24. The summed E-state index contributed by atoms with van der Waals surface area (Å²) in [5.74, 6) is 1.46. The molecule has 0 spiro atoms.